The van der Waals surface area contributed by atoms with Crippen molar-refractivity contribution in [1.29, 1.82) is 0 Å². The molecule has 0 radical (unpaired) electrons. The van der Waals surface area contributed by atoms with Gasteiger partial charge in [-0.3, -0.25) is 0 Å². The molecule has 0 saturated heterocycles. The number of methoxy groups -OCH3 is 1. The molecule has 1 unspecified atom stereocenters. The molecular weight excluding hydrogens is 258 g/mol. The van der Waals surface area contributed by atoms with Gasteiger partial charge in [0.05, 0.1) is 7.11 Å². The Kier molecular flexibility index (Phi) is 5.03. The van der Waals surface area contributed by atoms with Gasteiger partial charge in [0.25, 0.3) is 0 Å². The van der Waals surface area contributed by atoms with Crippen molar-refractivity contribution in [3.8, 4) is 16.9 Å². The van der Waals surface area contributed by atoms with E-state index in [4.69, 9.17) is 4.74 Å². The SMILES string of the molecule is CCNC(C)c1ccccc1-c1ccc(C)c(C)c1OC. The first-order chi connectivity index (χ1) is 10.1. The van der Waals surface area contributed by atoms with Crippen LogP contribution in [0.2, 0.25) is 0 Å². The van der Waals surface area contributed by atoms with Crippen molar-refractivity contribution in [2.45, 2.75) is 33.7 Å². The van der Waals surface area contributed by atoms with Crippen LogP contribution in [0.4, 0.5) is 0 Å². The third-order valence-electron chi connectivity index (χ3n) is 4.11. The molecular formula is C19H25NO. The molecule has 0 spiro atoms. The van der Waals surface area contributed by atoms with E-state index in [0.29, 0.717) is 6.04 Å². The van der Waals surface area contributed by atoms with Gasteiger partial charge in [-0.15, -0.1) is 0 Å². The summed E-state index contributed by atoms with van der Waals surface area (Å²) in [5.41, 5.74) is 6.18. The summed E-state index contributed by atoms with van der Waals surface area (Å²) in [7, 11) is 1.75. The fraction of sp³-hybridized carbons (Fsp3) is 0.368. The molecule has 0 amide bonds. The Bertz CT molecular complexity index is 619. The highest BCUT2D eigenvalue weighted by molar-refractivity contribution is 5.76. The molecule has 1 atom stereocenters. The Morgan fingerprint density at radius 2 is 1.76 bits per heavy atom. The number of rotatable bonds is 5. The summed E-state index contributed by atoms with van der Waals surface area (Å²) in [5.74, 6) is 0.978. The second-order valence-corrected chi connectivity index (χ2v) is 5.45. The number of nitrogens with one attached hydrogen (secondary N) is 1. The van der Waals surface area contributed by atoms with E-state index in [9.17, 15) is 0 Å². The third kappa shape index (κ3) is 3.11. The van der Waals surface area contributed by atoms with Crippen LogP contribution < -0.4 is 10.1 Å². The van der Waals surface area contributed by atoms with Crippen LogP contribution in [0.3, 0.4) is 0 Å². The molecule has 0 aliphatic rings. The zero-order valence-corrected chi connectivity index (χ0v) is 13.7. The van der Waals surface area contributed by atoms with Crippen LogP contribution in [0.1, 0.15) is 36.6 Å². The molecule has 2 aromatic rings. The maximum absolute atomic E-state index is 5.69. The smallest absolute Gasteiger partial charge is 0.129 e. The van der Waals surface area contributed by atoms with Crippen molar-refractivity contribution in [3.05, 3.63) is 53.1 Å². The number of ether oxygens (including phenoxy) is 1. The highest BCUT2D eigenvalue weighted by Crippen LogP contribution is 2.37. The van der Waals surface area contributed by atoms with Crippen LogP contribution in [0.5, 0.6) is 5.75 Å². The Morgan fingerprint density at radius 3 is 2.43 bits per heavy atom. The first kappa shape index (κ1) is 15.6. The van der Waals surface area contributed by atoms with Crippen LogP contribution in [0.15, 0.2) is 36.4 Å². The van der Waals surface area contributed by atoms with Crippen LogP contribution in [0.25, 0.3) is 11.1 Å². The average Bonchev–Trinajstić information content (AvgIpc) is 2.50. The van der Waals surface area contributed by atoms with E-state index >= 15 is 0 Å². The highest BCUT2D eigenvalue weighted by Gasteiger charge is 2.16. The summed E-state index contributed by atoms with van der Waals surface area (Å²) < 4.78 is 5.69. The Morgan fingerprint density at radius 1 is 1.05 bits per heavy atom. The Balaban J connectivity index is 2.60. The highest BCUT2D eigenvalue weighted by atomic mass is 16.5. The van der Waals surface area contributed by atoms with E-state index in [1.165, 1.54) is 27.8 Å². The third-order valence-corrected chi connectivity index (χ3v) is 4.11. The molecule has 2 rings (SSSR count). The number of aryl methyl sites for hydroxylation is 1. The van der Waals surface area contributed by atoms with E-state index in [-0.39, 0.29) is 0 Å². The van der Waals surface area contributed by atoms with Crippen molar-refractivity contribution >= 4 is 0 Å². The van der Waals surface area contributed by atoms with E-state index in [1.54, 1.807) is 7.11 Å². The molecule has 2 nitrogen and oxygen atoms in total. The molecule has 0 aliphatic heterocycles. The van der Waals surface area contributed by atoms with Gasteiger partial charge >= 0.3 is 0 Å². The topological polar surface area (TPSA) is 21.3 Å². The summed E-state index contributed by atoms with van der Waals surface area (Å²) in [5, 5.41) is 3.49. The normalized spacial score (nSPS) is 12.2. The van der Waals surface area contributed by atoms with Crippen molar-refractivity contribution in [2.75, 3.05) is 13.7 Å². The summed E-state index contributed by atoms with van der Waals surface area (Å²) in [4.78, 5) is 0. The molecule has 1 N–H and O–H groups in total. The number of benzene rings is 2. The van der Waals surface area contributed by atoms with E-state index < -0.39 is 0 Å². The van der Waals surface area contributed by atoms with E-state index in [2.05, 4.69) is 69.4 Å². The number of hydrogen-bond donors (Lipinski definition) is 1. The second kappa shape index (κ2) is 6.77. The fourth-order valence-corrected chi connectivity index (χ4v) is 2.80. The van der Waals surface area contributed by atoms with Crippen molar-refractivity contribution in [2.24, 2.45) is 0 Å². The summed E-state index contributed by atoms with van der Waals surface area (Å²) in [6, 6.07) is 13.2. The lowest BCUT2D eigenvalue weighted by atomic mass is 9.92. The van der Waals surface area contributed by atoms with Crippen LogP contribution >= 0.6 is 0 Å². The zero-order chi connectivity index (χ0) is 15.4. The van der Waals surface area contributed by atoms with Gasteiger partial charge in [0.1, 0.15) is 5.75 Å². The van der Waals surface area contributed by atoms with Gasteiger partial charge in [-0.2, -0.15) is 0 Å². The predicted octanol–water partition coefficient (Wildman–Crippen LogP) is 4.65. The maximum atomic E-state index is 5.69. The first-order valence-corrected chi connectivity index (χ1v) is 7.57. The zero-order valence-electron chi connectivity index (χ0n) is 13.7. The van der Waals surface area contributed by atoms with Gasteiger partial charge in [-0.25, -0.2) is 0 Å². The summed E-state index contributed by atoms with van der Waals surface area (Å²) >= 11 is 0. The molecule has 21 heavy (non-hydrogen) atoms. The second-order valence-electron chi connectivity index (χ2n) is 5.45. The fourth-order valence-electron chi connectivity index (χ4n) is 2.80. The molecule has 0 heterocycles. The summed E-state index contributed by atoms with van der Waals surface area (Å²) in [6.07, 6.45) is 0. The molecule has 0 saturated carbocycles. The number of hydrogen-bond acceptors (Lipinski definition) is 2. The predicted molar refractivity (Wildman–Crippen MR) is 90.0 cm³/mol. The van der Waals surface area contributed by atoms with Crippen molar-refractivity contribution in [1.82, 2.24) is 5.32 Å². The van der Waals surface area contributed by atoms with Crippen LogP contribution in [-0.2, 0) is 0 Å². The lowest BCUT2D eigenvalue weighted by molar-refractivity contribution is 0.413. The van der Waals surface area contributed by atoms with Crippen LogP contribution in [0, 0.1) is 13.8 Å². The Hall–Kier alpha value is -1.80. The molecule has 0 fully saturated rings. The monoisotopic (exact) mass is 283 g/mol. The summed E-state index contributed by atoms with van der Waals surface area (Å²) in [6.45, 7) is 9.54. The van der Waals surface area contributed by atoms with Gasteiger partial charge in [0, 0.05) is 11.6 Å². The molecule has 0 bridgehead atoms. The average molecular weight is 283 g/mol. The lowest BCUT2D eigenvalue weighted by Gasteiger charge is -2.20. The van der Waals surface area contributed by atoms with Gasteiger partial charge in [-0.1, -0.05) is 43.3 Å². The van der Waals surface area contributed by atoms with Gasteiger partial charge in [0.2, 0.25) is 0 Å². The Labute approximate surface area is 128 Å². The van der Waals surface area contributed by atoms with E-state index in [0.717, 1.165) is 12.3 Å². The molecule has 0 aliphatic carbocycles. The van der Waals surface area contributed by atoms with Crippen molar-refractivity contribution in [3.63, 3.8) is 0 Å². The van der Waals surface area contributed by atoms with Gasteiger partial charge < -0.3 is 10.1 Å². The largest absolute Gasteiger partial charge is 0.496 e. The standard InChI is InChI=1S/C19H25NO/c1-6-20-15(4)16-9-7-8-10-17(16)18-12-11-13(2)14(3)19(18)21-5/h7-12,15,20H,6H2,1-5H3. The quantitative estimate of drug-likeness (QED) is 0.862. The lowest BCUT2D eigenvalue weighted by Crippen LogP contribution is -2.18. The molecule has 2 heteroatoms. The minimum Gasteiger partial charge on any atom is -0.496 e. The van der Waals surface area contributed by atoms with Crippen LogP contribution in [-0.4, -0.2) is 13.7 Å². The molecule has 0 aromatic heterocycles. The van der Waals surface area contributed by atoms with Gasteiger partial charge in [0.15, 0.2) is 0 Å². The molecule has 112 valence electrons. The van der Waals surface area contributed by atoms with E-state index in [1.807, 2.05) is 0 Å². The molecule has 2 aromatic carbocycles. The minimum absolute atomic E-state index is 0.317. The first-order valence-electron chi connectivity index (χ1n) is 7.57. The minimum atomic E-state index is 0.317. The maximum Gasteiger partial charge on any atom is 0.129 e. The van der Waals surface area contributed by atoms with Gasteiger partial charge in [-0.05, 0) is 49.6 Å². The van der Waals surface area contributed by atoms with Crippen molar-refractivity contribution < 1.29 is 4.74 Å².